The minimum Gasteiger partial charge on any atom is -0.341 e. The first-order chi connectivity index (χ1) is 9.24. The molecule has 2 aromatic heterocycles. The summed E-state index contributed by atoms with van der Waals surface area (Å²) in [5.41, 5.74) is 1.71. The molecule has 1 saturated heterocycles. The molecule has 1 atom stereocenters. The summed E-state index contributed by atoms with van der Waals surface area (Å²) in [5, 5.41) is 3.28. The lowest BCUT2D eigenvalue weighted by Gasteiger charge is -2.23. The number of amides is 1. The Morgan fingerprint density at radius 1 is 1.58 bits per heavy atom. The maximum atomic E-state index is 12.2. The standard InChI is InChI=1S/C14H18N4O/c1-17(12-5-6-15-9-12)14(19)8-11-10-18-7-3-2-4-13(18)16-11/h2-4,7,10,12,15H,5-6,8-9H2,1H3. The lowest BCUT2D eigenvalue weighted by molar-refractivity contribution is -0.130. The molecule has 0 aliphatic carbocycles. The predicted molar refractivity (Wildman–Crippen MR) is 72.9 cm³/mol. The third-order valence-corrected chi connectivity index (χ3v) is 3.72. The molecule has 1 unspecified atom stereocenters. The van der Waals surface area contributed by atoms with Gasteiger partial charge in [0.25, 0.3) is 0 Å². The van der Waals surface area contributed by atoms with E-state index in [4.69, 9.17) is 0 Å². The second kappa shape index (κ2) is 5.01. The Morgan fingerprint density at radius 3 is 3.21 bits per heavy atom. The van der Waals surface area contributed by atoms with Crippen molar-refractivity contribution >= 4 is 11.6 Å². The number of aromatic nitrogens is 2. The second-order valence-electron chi connectivity index (χ2n) is 5.03. The smallest absolute Gasteiger partial charge is 0.228 e. The van der Waals surface area contributed by atoms with Crippen molar-refractivity contribution in [1.29, 1.82) is 0 Å². The summed E-state index contributed by atoms with van der Waals surface area (Å²) < 4.78 is 1.94. The summed E-state index contributed by atoms with van der Waals surface area (Å²) in [6, 6.07) is 6.17. The maximum Gasteiger partial charge on any atom is 0.228 e. The Labute approximate surface area is 112 Å². The molecular formula is C14H18N4O. The number of hydrogen-bond donors (Lipinski definition) is 1. The van der Waals surface area contributed by atoms with Crippen LogP contribution in [0, 0.1) is 0 Å². The van der Waals surface area contributed by atoms with E-state index >= 15 is 0 Å². The Balaban J connectivity index is 1.71. The Morgan fingerprint density at radius 2 is 2.47 bits per heavy atom. The summed E-state index contributed by atoms with van der Waals surface area (Å²) >= 11 is 0. The molecule has 3 heterocycles. The molecule has 1 aliphatic heterocycles. The van der Waals surface area contributed by atoms with Gasteiger partial charge in [0.15, 0.2) is 0 Å². The number of imidazole rings is 1. The van der Waals surface area contributed by atoms with Gasteiger partial charge in [-0.15, -0.1) is 0 Å². The summed E-state index contributed by atoms with van der Waals surface area (Å²) in [6.07, 6.45) is 5.27. The van der Waals surface area contributed by atoms with E-state index in [0.717, 1.165) is 30.9 Å². The average Bonchev–Trinajstić information content (AvgIpc) is 3.06. The molecule has 1 fully saturated rings. The van der Waals surface area contributed by atoms with E-state index in [9.17, 15) is 4.79 Å². The lowest BCUT2D eigenvalue weighted by atomic mass is 10.2. The van der Waals surface area contributed by atoms with Gasteiger partial charge in [0.05, 0.1) is 12.1 Å². The molecule has 100 valence electrons. The summed E-state index contributed by atoms with van der Waals surface area (Å²) in [5.74, 6) is 0.136. The first-order valence-electron chi connectivity index (χ1n) is 6.63. The molecule has 0 saturated carbocycles. The van der Waals surface area contributed by atoms with E-state index in [1.54, 1.807) is 0 Å². The fraction of sp³-hybridized carbons (Fsp3) is 0.429. The Bertz CT molecular complexity index is 553. The molecule has 19 heavy (non-hydrogen) atoms. The predicted octanol–water partition coefficient (Wildman–Crippen LogP) is 0.697. The number of nitrogens with one attached hydrogen (secondary N) is 1. The van der Waals surface area contributed by atoms with E-state index < -0.39 is 0 Å². The van der Waals surface area contributed by atoms with Crippen LogP contribution < -0.4 is 5.32 Å². The molecule has 3 rings (SSSR count). The minimum absolute atomic E-state index is 0.136. The zero-order valence-electron chi connectivity index (χ0n) is 11.0. The highest BCUT2D eigenvalue weighted by molar-refractivity contribution is 5.78. The monoisotopic (exact) mass is 258 g/mol. The third-order valence-electron chi connectivity index (χ3n) is 3.72. The van der Waals surface area contributed by atoms with Gasteiger partial charge in [-0.05, 0) is 25.1 Å². The molecule has 1 aliphatic rings. The zero-order chi connectivity index (χ0) is 13.2. The molecular weight excluding hydrogens is 240 g/mol. The van der Waals surface area contributed by atoms with Crippen molar-refractivity contribution in [3.63, 3.8) is 0 Å². The molecule has 1 amide bonds. The largest absolute Gasteiger partial charge is 0.341 e. The molecule has 0 bridgehead atoms. The van der Waals surface area contributed by atoms with Gasteiger partial charge in [-0.1, -0.05) is 6.07 Å². The molecule has 5 nitrogen and oxygen atoms in total. The SMILES string of the molecule is CN(C(=O)Cc1cn2ccccc2n1)C1CCNC1. The van der Waals surface area contributed by atoms with Crippen LogP contribution in [-0.4, -0.2) is 46.4 Å². The van der Waals surface area contributed by atoms with Gasteiger partial charge in [-0.25, -0.2) is 4.98 Å². The first kappa shape index (κ1) is 12.2. The number of likely N-dealkylation sites (N-methyl/N-ethyl adjacent to an activating group) is 1. The van der Waals surface area contributed by atoms with Crippen molar-refractivity contribution in [1.82, 2.24) is 19.6 Å². The quantitative estimate of drug-likeness (QED) is 0.881. The van der Waals surface area contributed by atoms with E-state index in [2.05, 4.69) is 10.3 Å². The van der Waals surface area contributed by atoms with Crippen molar-refractivity contribution in [2.24, 2.45) is 0 Å². The van der Waals surface area contributed by atoms with Crippen LogP contribution >= 0.6 is 0 Å². The normalized spacial score (nSPS) is 18.9. The molecule has 0 aromatic carbocycles. The van der Waals surface area contributed by atoms with Gasteiger partial charge in [-0.2, -0.15) is 0 Å². The summed E-state index contributed by atoms with van der Waals surface area (Å²) in [4.78, 5) is 18.5. The third kappa shape index (κ3) is 2.46. The Kier molecular flexibility index (Phi) is 3.21. The van der Waals surface area contributed by atoms with Gasteiger partial charge in [-0.3, -0.25) is 4.79 Å². The van der Waals surface area contributed by atoms with Gasteiger partial charge >= 0.3 is 0 Å². The number of nitrogens with zero attached hydrogens (tertiary/aromatic N) is 3. The number of pyridine rings is 1. The average molecular weight is 258 g/mol. The fourth-order valence-corrected chi connectivity index (χ4v) is 2.53. The topological polar surface area (TPSA) is 49.6 Å². The minimum atomic E-state index is 0.136. The maximum absolute atomic E-state index is 12.2. The van der Waals surface area contributed by atoms with Crippen LogP contribution in [0.4, 0.5) is 0 Å². The van der Waals surface area contributed by atoms with Gasteiger partial charge in [0.2, 0.25) is 5.91 Å². The summed E-state index contributed by atoms with van der Waals surface area (Å²) in [6.45, 7) is 1.89. The number of carbonyl (C=O) groups excluding carboxylic acids is 1. The van der Waals surface area contributed by atoms with Crippen LogP contribution in [0.3, 0.4) is 0 Å². The van der Waals surface area contributed by atoms with Crippen LogP contribution in [0.5, 0.6) is 0 Å². The highest BCUT2D eigenvalue weighted by atomic mass is 16.2. The molecule has 0 spiro atoms. The highest BCUT2D eigenvalue weighted by Crippen LogP contribution is 2.10. The lowest BCUT2D eigenvalue weighted by Crippen LogP contribution is -2.39. The van der Waals surface area contributed by atoms with Crippen molar-refractivity contribution in [3.05, 3.63) is 36.3 Å². The van der Waals surface area contributed by atoms with Crippen molar-refractivity contribution in [2.75, 3.05) is 20.1 Å². The van der Waals surface area contributed by atoms with Crippen LogP contribution in [-0.2, 0) is 11.2 Å². The van der Waals surface area contributed by atoms with Crippen molar-refractivity contribution < 1.29 is 4.79 Å². The van der Waals surface area contributed by atoms with E-state index in [1.165, 1.54) is 0 Å². The van der Waals surface area contributed by atoms with E-state index in [0.29, 0.717) is 12.5 Å². The van der Waals surface area contributed by atoms with Crippen molar-refractivity contribution in [3.8, 4) is 0 Å². The van der Waals surface area contributed by atoms with Crippen LogP contribution in [0.15, 0.2) is 30.6 Å². The molecule has 5 heteroatoms. The fourth-order valence-electron chi connectivity index (χ4n) is 2.53. The van der Waals surface area contributed by atoms with E-state index in [1.807, 2.05) is 46.9 Å². The Hall–Kier alpha value is -1.88. The van der Waals surface area contributed by atoms with Crippen molar-refractivity contribution in [2.45, 2.75) is 18.9 Å². The number of hydrogen-bond acceptors (Lipinski definition) is 3. The first-order valence-corrected chi connectivity index (χ1v) is 6.63. The van der Waals surface area contributed by atoms with Gasteiger partial charge in [0.1, 0.15) is 5.65 Å². The zero-order valence-corrected chi connectivity index (χ0v) is 11.0. The number of rotatable bonds is 3. The van der Waals surface area contributed by atoms with Crippen LogP contribution in [0.1, 0.15) is 12.1 Å². The second-order valence-corrected chi connectivity index (χ2v) is 5.03. The van der Waals surface area contributed by atoms with Gasteiger partial charge in [0, 0.05) is 32.0 Å². The summed E-state index contributed by atoms with van der Waals surface area (Å²) in [7, 11) is 1.88. The van der Waals surface area contributed by atoms with Crippen LogP contribution in [0.2, 0.25) is 0 Å². The van der Waals surface area contributed by atoms with Crippen LogP contribution in [0.25, 0.3) is 5.65 Å². The molecule has 0 radical (unpaired) electrons. The molecule has 2 aromatic rings. The highest BCUT2D eigenvalue weighted by Gasteiger charge is 2.23. The number of carbonyl (C=O) groups is 1. The van der Waals surface area contributed by atoms with E-state index in [-0.39, 0.29) is 5.91 Å². The molecule has 1 N–H and O–H groups in total. The number of fused-ring (bicyclic) bond motifs is 1. The van der Waals surface area contributed by atoms with Gasteiger partial charge < -0.3 is 14.6 Å².